The van der Waals surface area contributed by atoms with Gasteiger partial charge in [-0.25, -0.2) is 0 Å². The lowest BCUT2D eigenvalue weighted by molar-refractivity contribution is -0.123. The van der Waals surface area contributed by atoms with Crippen LogP contribution in [0.25, 0.3) is 10.4 Å². The van der Waals surface area contributed by atoms with Gasteiger partial charge in [0.05, 0.1) is 20.3 Å². The van der Waals surface area contributed by atoms with Crippen molar-refractivity contribution in [3.8, 4) is 16.2 Å². The molecular formula is C16H20N2O3S. The smallest absolute Gasteiger partial charge is 0.239 e. The molecule has 0 saturated carbocycles. The molecule has 1 aromatic carbocycles. The van der Waals surface area contributed by atoms with Gasteiger partial charge in [0.25, 0.3) is 0 Å². The van der Waals surface area contributed by atoms with E-state index in [4.69, 9.17) is 15.2 Å². The fourth-order valence-electron chi connectivity index (χ4n) is 1.94. The standard InChI is InChI=1S/C16H20N2O3S/c1-20-10-14(17)16(19)18-9-13-7-8-15(22-13)11-3-5-12(21-2)6-4-11/h3-8,14H,9-10,17H2,1-2H3,(H,18,19). The van der Waals surface area contributed by atoms with E-state index in [1.807, 2.05) is 36.4 Å². The van der Waals surface area contributed by atoms with Gasteiger partial charge in [0.15, 0.2) is 0 Å². The number of benzene rings is 1. The summed E-state index contributed by atoms with van der Waals surface area (Å²) in [4.78, 5) is 13.9. The molecule has 118 valence electrons. The zero-order chi connectivity index (χ0) is 15.9. The maximum atomic E-state index is 11.7. The van der Waals surface area contributed by atoms with Crippen LogP contribution in [0.1, 0.15) is 4.88 Å². The lowest BCUT2D eigenvalue weighted by atomic mass is 10.2. The largest absolute Gasteiger partial charge is 0.497 e. The molecule has 6 heteroatoms. The van der Waals surface area contributed by atoms with Crippen molar-refractivity contribution in [1.29, 1.82) is 0 Å². The van der Waals surface area contributed by atoms with E-state index in [9.17, 15) is 4.79 Å². The van der Waals surface area contributed by atoms with Crippen LogP contribution in [0.2, 0.25) is 0 Å². The van der Waals surface area contributed by atoms with Gasteiger partial charge in [0.1, 0.15) is 11.8 Å². The molecule has 5 nitrogen and oxygen atoms in total. The fraction of sp³-hybridized carbons (Fsp3) is 0.312. The number of hydrogen-bond acceptors (Lipinski definition) is 5. The third-order valence-corrected chi connectivity index (χ3v) is 4.29. The van der Waals surface area contributed by atoms with Crippen molar-refractivity contribution < 1.29 is 14.3 Å². The molecule has 22 heavy (non-hydrogen) atoms. The summed E-state index contributed by atoms with van der Waals surface area (Å²) in [7, 11) is 3.17. The van der Waals surface area contributed by atoms with E-state index in [1.165, 1.54) is 7.11 Å². The summed E-state index contributed by atoms with van der Waals surface area (Å²) in [6, 6.07) is 11.3. The van der Waals surface area contributed by atoms with Gasteiger partial charge in [0.2, 0.25) is 5.91 Å². The van der Waals surface area contributed by atoms with E-state index in [2.05, 4.69) is 5.32 Å². The predicted molar refractivity (Wildman–Crippen MR) is 88.0 cm³/mol. The second kappa shape index (κ2) is 7.93. The van der Waals surface area contributed by atoms with Crippen LogP contribution in [0.15, 0.2) is 36.4 Å². The third-order valence-electron chi connectivity index (χ3n) is 3.16. The van der Waals surface area contributed by atoms with Gasteiger partial charge in [0, 0.05) is 16.9 Å². The Morgan fingerprint density at radius 1 is 1.23 bits per heavy atom. The lowest BCUT2D eigenvalue weighted by Gasteiger charge is -2.10. The summed E-state index contributed by atoms with van der Waals surface area (Å²) in [5.41, 5.74) is 6.79. The number of nitrogens with one attached hydrogen (secondary N) is 1. The van der Waals surface area contributed by atoms with Gasteiger partial charge in [-0.05, 0) is 42.0 Å². The molecule has 3 N–H and O–H groups in total. The Hall–Kier alpha value is -1.89. The van der Waals surface area contributed by atoms with Gasteiger partial charge in [-0.3, -0.25) is 4.79 Å². The van der Waals surface area contributed by atoms with Gasteiger partial charge in [-0.2, -0.15) is 0 Å². The van der Waals surface area contributed by atoms with Crippen LogP contribution in [0.4, 0.5) is 0 Å². The Bertz CT molecular complexity index is 610. The first-order chi connectivity index (χ1) is 10.6. The molecule has 0 fully saturated rings. The fourth-order valence-corrected chi connectivity index (χ4v) is 2.90. The number of ether oxygens (including phenoxy) is 2. The first kappa shape index (κ1) is 16.5. The summed E-state index contributed by atoms with van der Waals surface area (Å²) < 4.78 is 10.0. The molecule has 1 unspecified atom stereocenters. The maximum absolute atomic E-state index is 11.7. The molecule has 0 aliphatic heterocycles. The number of rotatable bonds is 7. The Morgan fingerprint density at radius 2 is 1.95 bits per heavy atom. The van der Waals surface area contributed by atoms with Crippen LogP contribution in [0.5, 0.6) is 5.75 Å². The molecule has 0 aliphatic carbocycles. The van der Waals surface area contributed by atoms with Gasteiger partial charge in [-0.15, -0.1) is 11.3 Å². The van der Waals surface area contributed by atoms with Crippen LogP contribution in [0, 0.1) is 0 Å². The SMILES string of the molecule is COCC(N)C(=O)NCc1ccc(-c2ccc(OC)cc2)s1. The Balaban J connectivity index is 1.95. The Labute approximate surface area is 134 Å². The normalized spacial score (nSPS) is 12.0. The molecule has 0 aliphatic rings. The lowest BCUT2D eigenvalue weighted by Crippen LogP contribution is -2.43. The van der Waals surface area contributed by atoms with Crippen LogP contribution in [0.3, 0.4) is 0 Å². The molecule has 2 aromatic rings. The van der Waals surface area contributed by atoms with Crippen LogP contribution in [-0.4, -0.2) is 32.8 Å². The first-order valence-electron chi connectivity index (χ1n) is 6.89. The average Bonchev–Trinajstić information content (AvgIpc) is 3.02. The molecule has 1 aromatic heterocycles. The van der Waals surface area contributed by atoms with Crippen molar-refractivity contribution in [3.05, 3.63) is 41.3 Å². The van der Waals surface area contributed by atoms with Gasteiger partial charge in [-0.1, -0.05) is 0 Å². The topological polar surface area (TPSA) is 73.6 Å². The number of carbonyl (C=O) groups is 1. The molecule has 0 radical (unpaired) electrons. The second-order valence-corrected chi connectivity index (χ2v) is 5.94. The van der Waals surface area contributed by atoms with Crippen molar-refractivity contribution in [3.63, 3.8) is 0 Å². The maximum Gasteiger partial charge on any atom is 0.239 e. The number of amides is 1. The number of nitrogens with two attached hydrogens (primary N) is 1. The van der Waals surface area contributed by atoms with E-state index < -0.39 is 6.04 Å². The summed E-state index contributed by atoms with van der Waals surface area (Å²) in [5.74, 6) is 0.626. The zero-order valence-electron chi connectivity index (χ0n) is 12.7. The Morgan fingerprint density at radius 3 is 2.59 bits per heavy atom. The van der Waals surface area contributed by atoms with E-state index in [-0.39, 0.29) is 12.5 Å². The Kier molecular flexibility index (Phi) is 5.94. The highest BCUT2D eigenvalue weighted by Crippen LogP contribution is 2.29. The monoisotopic (exact) mass is 320 g/mol. The molecular weight excluding hydrogens is 300 g/mol. The molecule has 1 heterocycles. The van der Waals surface area contributed by atoms with Gasteiger partial charge < -0.3 is 20.5 Å². The van der Waals surface area contributed by atoms with Crippen LogP contribution in [-0.2, 0) is 16.1 Å². The highest BCUT2D eigenvalue weighted by atomic mass is 32.1. The van der Waals surface area contributed by atoms with E-state index in [1.54, 1.807) is 18.4 Å². The number of carbonyl (C=O) groups excluding carboxylic acids is 1. The summed E-state index contributed by atoms with van der Waals surface area (Å²) in [5, 5.41) is 2.81. The van der Waals surface area contributed by atoms with Crippen molar-refractivity contribution in [2.45, 2.75) is 12.6 Å². The van der Waals surface area contributed by atoms with Crippen LogP contribution < -0.4 is 15.8 Å². The van der Waals surface area contributed by atoms with Crippen molar-refractivity contribution >= 4 is 17.2 Å². The minimum absolute atomic E-state index is 0.207. The van der Waals surface area contributed by atoms with E-state index in [0.29, 0.717) is 6.54 Å². The number of methoxy groups -OCH3 is 2. The molecule has 0 bridgehead atoms. The molecule has 0 saturated heterocycles. The van der Waals surface area contributed by atoms with Crippen molar-refractivity contribution in [2.24, 2.45) is 5.73 Å². The van der Waals surface area contributed by atoms with E-state index in [0.717, 1.165) is 21.1 Å². The molecule has 2 rings (SSSR count). The zero-order valence-corrected chi connectivity index (χ0v) is 13.5. The second-order valence-electron chi connectivity index (χ2n) is 4.77. The van der Waals surface area contributed by atoms with Gasteiger partial charge >= 0.3 is 0 Å². The highest BCUT2D eigenvalue weighted by molar-refractivity contribution is 7.15. The summed E-state index contributed by atoms with van der Waals surface area (Å²) in [6.07, 6.45) is 0. The first-order valence-corrected chi connectivity index (χ1v) is 7.71. The third kappa shape index (κ3) is 4.30. The quantitative estimate of drug-likeness (QED) is 0.818. The van der Waals surface area contributed by atoms with Crippen molar-refractivity contribution in [1.82, 2.24) is 5.32 Å². The minimum Gasteiger partial charge on any atom is -0.497 e. The van der Waals surface area contributed by atoms with Crippen LogP contribution >= 0.6 is 11.3 Å². The molecule has 1 amide bonds. The summed E-state index contributed by atoms with van der Waals surface area (Å²) in [6.45, 7) is 0.685. The average molecular weight is 320 g/mol. The minimum atomic E-state index is -0.633. The highest BCUT2D eigenvalue weighted by Gasteiger charge is 2.12. The number of hydrogen-bond donors (Lipinski definition) is 2. The summed E-state index contributed by atoms with van der Waals surface area (Å²) >= 11 is 1.64. The predicted octanol–water partition coefficient (Wildman–Crippen LogP) is 2.01. The van der Waals surface area contributed by atoms with Crippen molar-refractivity contribution in [2.75, 3.05) is 20.8 Å². The molecule has 1 atom stereocenters. The molecule has 0 spiro atoms. The van der Waals surface area contributed by atoms with E-state index >= 15 is 0 Å². The number of thiophene rings is 1.